The quantitative estimate of drug-likeness (QED) is 0.718. The Kier molecular flexibility index (Phi) is 4.43. The Morgan fingerprint density at radius 2 is 1.80 bits per heavy atom. The molecule has 1 heterocycles. The second-order valence-electron chi connectivity index (χ2n) is 5.38. The summed E-state index contributed by atoms with van der Waals surface area (Å²) in [6.07, 6.45) is 0. The molecule has 0 bridgehead atoms. The van der Waals surface area contributed by atoms with Crippen LogP contribution in [0.3, 0.4) is 0 Å². The first-order valence-corrected chi connectivity index (χ1v) is 7.61. The number of fused-ring (bicyclic) bond motifs is 1. The lowest BCUT2D eigenvalue weighted by atomic mass is 10.1. The molecule has 0 radical (unpaired) electrons. The van der Waals surface area contributed by atoms with E-state index in [1.54, 1.807) is 36.4 Å². The van der Waals surface area contributed by atoms with E-state index in [0.29, 0.717) is 28.2 Å². The maximum atomic E-state index is 13.1. The Bertz CT molecular complexity index is 958. The molecule has 2 aromatic carbocycles. The first-order valence-electron chi connectivity index (χ1n) is 7.61. The van der Waals surface area contributed by atoms with Crippen molar-refractivity contribution in [1.29, 1.82) is 0 Å². The highest BCUT2D eigenvalue weighted by Gasteiger charge is 2.25. The fraction of sp³-hybridized carbons (Fsp3) is 0.158. The van der Waals surface area contributed by atoms with E-state index in [0.717, 1.165) is 0 Å². The van der Waals surface area contributed by atoms with Crippen LogP contribution in [0.1, 0.15) is 23.0 Å². The average Bonchev–Trinajstić information content (AvgIpc) is 2.98. The highest BCUT2D eigenvalue weighted by atomic mass is 16.5. The van der Waals surface area contributed by atoms with Crippen LogP contribution < -0.4 is 14.8 Å². The molecule has 128 valence electrons. The lowest BCUT2D eigenvalue weighted by molar-refractivity contribution is -0.114. The van der Waals surface area contributed by atoms with Crippen LogP contribution in [0.2, 0.25) is 0 Å². The number of rotatable bonds is 5. The van der Waals surface area contributed by atoms with E-state index in [1.165, 1.54) is 21.1 Å². The van der Waals surface area contributed by atoms with Gasteiger partial charge in [0, 0.05) is 12.3 Å². The van der Waals surface area contributed by atoms with Gasteiger partial charge in [0.2, 0.25) is 11.7 Å². The molecular weight excluding hydrogens is 322 g/mol. The number of carbonyl (C=O) groups excluding carboxylic acids is 2. The van der Waals surface area contributed by atoms with Gasteiger partial charge < -0.3 is 19.2 Å². The van der Waals surface area contributed by atoms with Gasteiger partial charge in [0.1, 0.15) is 17.1 Å². The van der Waals surface area contributed by atoms with Crippen LogP contribution >= 0.6 is 0 Å². The molecule has 1 N–H and O–H groups in total. The van der Waals surface area contributed by atoms with Crippen LogP contribution in [0.5, 0.6) is 11.5 Å². The van der Waals surface area contributed by atoms with Gasteiger partial charge in [0.15, 0.2) is 5.76 Å². The Hall–Kier alpha value is -3.28. The van der Waals surface area contributed by atoms with Gasteiger partial charge in [-0.15, -0.1) is 0 Å². The van der Waals surface area contributed by atoms with Crippen LogP contribution in [0.25, 0.3) is 11.0 Å². The summed E-state index contributed by atoms with van der Waals surface area (Å²) in [4.78, 5) is 24.7. The van der Waals surface area contributed by atoms with Gasteiger partial charge in [-0.1, -0.05) is 12.1 Å². The molecular formula is C19H17NO5. The predicted octanol–water partition coefficient (Wildman–Crippen LogP) is 3.64. The van der Waals surface area contributed by atoms with E-state index in [-0.39, 0.29) is 17.2 Å². The van der Waals surface area contributed by atoms with Crippen LogP contribution in [-0.4, -0.2) is 25.9 Å². The summed E-state index contributed by atoms with van der Waals surface area (Å²) >= 11 is 0. The molecule has 6 heteroatoms. The van der Waals surface area contributed by atoms with E-state index in [4.69, 9.17) is 13.9 Å². The van der Waals surface area contributed by atoms with Crippen LogP contribution in [-0.2, 0) is 4.79 Å². The number of hydrogen-bond donors (Lipinski definition) is 1. The van der Waals surface area contributed by atoms with Crippen molar-refractivity contribution in [2.75, 3.05) is 19.5 Å². The van der Waals surface area contributed by atoms with Gasteiger partial charge >= 0.3 is 0 Å². The molecule has 0 saturated carbocycles. The van der Waals surface area contributed by atoms with Crippen molar-refractivity contribution in [3.63, 3.8) is 0 Å². The Labute approximate surface area is 144 Å². The normalized spacial score (nSPS) is 10.5. The van der Waals surface area contributed by atoms with E-state index in [1.807, 2.05) is 6.07 Å². The Morgan fingerprint density at radius 3 is 2.48 bits per heavy atom. The topological polar surface area (TPSA) is 77.8 Å². The second-order valence-corrected chi connectivity index (χ2v) is 5.38. The molecule has 3 aromatic rings. The first kappa shape index (κ1) is 16.6. The number of amides is 1. The minimum absolute atomic E-state index is 0.0444. The fourth-order valence-electron chi connectivity index (χ4n) is 2.62. The monoisotopic (exact) mass is 339 g/mol. The molecule has 25 heavy (non-hydrogen) atoms. The smallest absolute Gasteiger partial charge is 0.234 e. The third-order valence-electron chi connectivity index (χ3n) is 3.75. The van der Waals surface area contributed by atoms with E-state index < -0.39 is 5.78 Å². The van der Waals surface area contributed by atoms with Crippen molar-refractivity contribution in [1.82, 2.24) is 0 Å². The zero-order valence-corrected chi connectivity index (χ0v) is 14.1. The summed E-state index contributed by atoms with van der Waals surface area (Å²) in [6.45, 7) is 1.38. The number of nitrogens with one attached hydrogen (secondary N) is 1. The minimum Gasteiger partial charge on any atom is -0.497 e. The van der Waals surface area contributed by atoms with Gasteiger partial charge in [-0.2, -0.15) is 0 Å². The molecule has 1 amide bonds. The summed E-state index contributed by atoms with van der Waals surface area (Å²) < 4.78 is 16.2. The number of carbonyl (C=O) groups is 2. The summed E-state index contributed by atoms with van der Waals surface area (Å²) in [5.41, 5.74) is 1.14. The lowest BCUT2D eigenvalue weighted by Gasteiger charge is -2.09. The van der Waals surface area contributed by atoms with Crippen molar-refractivity contribution < 1.29 is 23.5 Å². The number of hydrogen-bond acceptors (Lipinski definition) is 5. The number of para-hydroxylation sites is 1. The fourth-order valence-corrected chi connectivity index (χ4v) is 2.62. The number of ether oxygens (including phenoxy) is 2. The van der Waals surface area contributed by atoms with Gasteiger partial charge in [0.25, 0.3) is 0 Å². The second kappa shape index (κ2) is 6.68. The third-order valence-corrected chi connectivity index (χ3v) is 3.75. The molecule has 0 saturated heterocycles. The van der Waals surface area contributed by atoms with Gasteiger partial charge in [-0.05, 0) is 30.3 Å². The summed E-state index contributed by atoms with van der Waals surface area (Å²) in [7, 11) is 2.99. The first-order chi connectivity index (χ1) is 12.0. The average molecular weight is 339 g/mol. The number of benzene rings is 2. The van der Waals surface area contributed by atoms with Crippen LogP contribution in [0.15, 0.2) is 46.9 Å². The molecule has 0 aliphatic carbocycles. The van der Waals surface area contributed by atoms with E-state index in [9.17, 15) is 9.59 Å². The summed E-state index contributed by atoms with van der Waals surface area (Å²) in [5.74, 6) is 0.248. The van der Waals surface area contributed by atoms with Crippen LogP contribution in [0, 0.1) is 0 Å². The Morgan fingerprint density at radius 1 is 1.04 bits per heavy atom. The molecule has 6 nitrogen and oxygen atoms in total. The number of ketones is 1. The predicted molar refractivity (Wildman–Crippen MR) is 93.5 cm³/mol. The van der Waals surface area contributed by atoms with Gasteiger partial charge in [-0.3, -0.25) is 9.59 Å². The highest BCUT2D eigenvalue weighted by molar-refractivity contribution is 6.18. The number of furan rings is 1. The zero-order valence-electron chi connectivity index (χ0n) is 14.1. The Balaban J connectivity index is 2.19. The number of anilines is 1. The van der Waals surface area contributed by atoms with Crippen LogP contribution in [0.4, 0.5) is 5.69 Å². The maximum Gasteiger partial charge on any atom is 0.234 e. The van der Waals surface area contributed by atoms with Crippen molar-refractivity contribution in [2.45, 2.75) is 6.92 Å². The maximum absolute atomic E-state index is 13.1. The van der Waals surface area contributed by atoms with E-state index in [2.05, 4.69) is 5.32 Å². The largest absolute Gasteiger partial charge is 0.497 e. The molecule has 0 atom stereocenters. The van der Waals surface area contributed by atoms with E-state index >= 15 is 0 Å². The molecule has 0 aliphatic rings. The summed E-state index contributed by atoms with van der Waals surface area (Å²) in [5, 5.41) is 3.34. The standard InChI is InChI=1S/C19H17NO5/c1-11(21)20-17-13-6-4-5-7-16(13)25-19(17)18(22)14-10-12(23-2)8-9-15(14)24-3/h4-10H,1-3H3,(H,20,21). The molecule has 0 unspecified atom stereocenters. The van der Waals surface area contributed by atoms with Gasteiger partial charge in [0.05, 0.1) is 25.5 Å². The zero-order chi connectivity index (χ0) is 18.0. The molecule has 3 rings (SSSR count). The third kappa shape index (κ3) is 3.06. The molecule has 0 spiro atoms. The lowest BCUT2D eigenvalue weighted by Crippen LogP contribution is -2.11. The SMILES string of the molecule is COc1ccc(OC)c(C(=O)c2oc3ccccc3c2NC(C)=O)c1. The molecule has 0 fully saturated rings. The van der Waals surface area contributed by atoms with Crippen molar-refractivity contribution in [3.8, 4) is 11.5 Å². The molecule has 1 aromatic heterocycles. The van der Waals surface area contributed by atoms with Crippen molar-refractivity contribution in [2.24, 2.45) is 0 Å². The van der Waals surface area contributed by atoms with Crippen molar-refractivity contribution >= 4 is 28.3 Å². The minimum atomic E-state index is -0.407. The van der Waals surface area contributed by atoms with Crippen molar-refractivity contribution in [3.05, 3.63) is 53.8 Å². The molecule has 0 aliphatic heterocycles. The number of methoxy groups -OCH3 is 2. The highest BCUT2D eigenvalue weighted by Crippen LogP contribution is 2.35. The van der Waals surface area contributed by atoms with Gasteiger partial charge in [-0.25, -0.2) is 0 Å². The summed E-state index contributed by atoms with van der Waals surface area (Å²) in [6, 6.07) is 12.0.